The van der Waals surface area contributed by atoms with Crippen LogP contribution in [0.15, 0.2) is 24.3 Å². The van der Waals surface area contributed by atoms with Gasteiger partial charge in [0.25, 0.3) is 0 Å². The van der Waals surface area contributed by atoms with Gasteiger partial charge in [-0.25, -0.2) is 19.3 Å². The molecular weight excluding hydrogens is 437 g/mol. The molecule has 0 unspecified atom stereocenters. The standard InChI is InChI=1S/C22H4B9FN4/c23-9-4-8(12(24)16(28)13(9)25)21-34-20(6-1-2-10(32)7(3-6)5-33)35-22(36-21)11-14(26)17(29)19(31)18(30)15(11)27/h1-4H. The number of benzene rings is 3. The van der Waals surface area contributed by atoms with E-state index in [4.69, 9.17) is 70.6 Å². The Hall–Kier alpha value is -3.33. The first-order valence-electron chi connectivity index (χ1n) is 10.2. The van der Waals surface area contributed by atoms with Gasteiger partial charge >= 0.3 is 0 Å². The summed E-state index contributed by atoms with van der Waals surface area (Å²) in [6, 6.07) is 6.96. The molecule has 36 heavy (non-hydrogen) atoms. The highest BCUT2D eigenvalue weighted by molar-refractivity contribution is 6.68. The van der Waals surface area contributed by atoms with Crippen LogP contribution in [-0.4, -0.2) is 85.6 Å². The van der Waals surface area contributed by atoms with E-state index in [1.807, 2.05) is 0 Å². The van der Waals surface area contributed by atoms with Crippen LogP contribution in [0.5, 0.6) is 0 Å². The highest BCUT2D eigenvalue weighted by Crippen LogP contribution is 2.23. The summed E-state index contributed by atoms with van der Waals surface area (Å²) in [6.45, 7) is 0. The van der Waals surface area contributed by atoms with Gasteiger partial charge in [-0.05, 0) is 18.2 Å². The van der Waals surface area contributed by atoms with Gasteiger partial charge in [-0.2, -0.15) is 5.26 Å². The van der Waals surface area contributed by atoms with Crippen molar-refractivity contribution in [2.75, 3.05) is 0 Å². The lowest BCUT2D eigenvalue weighted by Crippen LogP contribution is -2.55. The Kier molecular flexibility index (Phi) is 6.88. The SMILES string of the molecule is [B]c1cc(-c2nc(-c3ccc(F)c(C#N)c3)nc(-c3c([B])c([B])c([B])c([B])c3[B])n2)c([B])c([B])c1[B]. The highest BCUT2D eigenvalue weighted by atomic mass is 19.1. The normalized spacial score (nSPS) is 10.8. The zero-order valence-electron chi connectivity index (χ0n) is 18.7. The van der Waals surface area contributed by atoms with Crippen molar-refractivity contribution in [3.8, 4) is 40.2 Å². The van der Waals surface area contributed by atoms with Gasteiger partial charge in [0.1, 0.15) is 82.5 Å². The molecule has 0 saturated carbocycles. The number of hydrogen-bond acceptors (Lipinski definition) is 4. The minimum atomic E-state index is -0.716. The molecule has 0 aliphatic carbocycles. The molecule has 0 spiro atoms. The average molecular weight is 441 g/mol. The van der Waals surface area contributed by atoms with Crippen molar-refractivity contribution in [2.24, 2.45) is 0 Å². The summed E-state index contributed by atoms with van der Waals surface area (Å²) in [5, 5.41) is 9.27. The van der Waals surface area contributed by atoms with E-state index in [9.17, 15) is 9.65 Å². The van der Waals surface area contributed by atoms with E-state index >= 15 is 0 Å². The Labute approximate surface area is 220 Å². The van der Waals surface area contributed by atoms with Gasteiger partial charge in [0.05, 0.1) is 5.56 Å². The fourth-order valence-corrected chi connectivity index (χ4v) is 3.52. The molecule has 14 heteroatoms. The van der Waals surface area contributed by atoms with Crippen molar-refractivity contribution in [3.05, 3.63) is 35.6 Å². The summed E-state index contributed by atoms with van der Waals surface area (Å²) >= 11 is 0. The second-order valence-corrected chi connectivity index (χ2v) is 7.81. The molecule has 1 heterocycles. The topological polar surface area (TPSA) is 62.5 Å². The zero-order valence-corrected chi connectivity index (χ0v) is 18.7. The van der Waals surface area contributed by atoms with E-state index in [0.29, 0.717) is 0 Å². The molecule has 4 nitrogen and oxygen atoms in total. The van der Waals surface area contributed by atoms with Crippen molar-refractivity contribution in [1.82, 2.24) is 15.0 Å². The second-order valence-electron chi connectivity index (χ2n) is 7.81. The molecule has 18 radical (unpaired) electrons. The predicted octanol–water partition coefficient (Wildman–Crippen LogP) is -5.97. The Morgan fingerprint density at radius 3 is 1.75 bits per heavy atom. The van der Waals surface area contributed by atoms with E-state index in [1.165, 1.54) is 18.2 Å². The first-order chi connectivity index (χ1) is 17.0. The molecule has 1 aromatic heterocycles. The summed E-state index contributed by atoms with van der Waals surface area (Å²) in [5.74, 6) is -0.750. The molecule has 0 aliphatic rings. The molecule has 4 rings (SSSR count). The lowest BCUT2D eigenvalue weighted by molar-refractivity contribution is 0.624. The summed E-state index contributed by atoms with van der Waals surface area (Å²) in [5.41, 5.74) is 0.587. The van der Waals surface area contributed by atoms with Crippen LogP contribution in [0.3, 0.4) is 0 Å². The zero-order chi connectivity index (χ0) is 26.5. The first-order valence-corrected chi connectivity index (χ1v) is 10.2. The van der Waals surface area contributed by atoms with E-state index in [1.54, 1.807) is 6.07 Å². The number of nitriles is 1. The van der Waals surface area contributed by atoms with Crippen LogP contribution in [0.1, 0.15) is 5.56 Å². The third-order valence-electron chi connectivity index (χ3n) is 5.63. The maximum atomic E-state index is 14.0. The van der Waals surface area contributed by atoms with Crippen LogP contribution < -0.4 is 49.2 Å². The van der Waals surface area contributed by atoms with Crippen LogP contribution in [0.25, 0.3) is 34.2 Å². The van der Waals surface area contributed by atoms with Crippen molar-refractivity contribution in [2.45, 2.75) is 0 Å². The molecule has 3 aromatic carbocycles. The minimum Gasteiger partial charge on any atom is -0.208 e. The van der Waals surface area contributed by atoms with Crippen molar-refractivity contribution >= 4 is 120 Å². The predicted molar refractivity (Wildman–Crippen MR) is 149 cm³/mol. The molecule has 0 amide bonds. The fourth-order valence-electron chi connectivity index (χ4n) is 3.52. The van der Waals surface area contributed by atoms with Gasteiger partial charge in [0.15, 0.2) is 17.5 Å². The molecule has 0 saturated heterocycles. The first kappa shape index (κ1) is 25.8. The highest BCUT2D eigenvalue weighted by Gasteiger charge is 2.20. The number of rotatable bonds is 3. The van der Waals surface area contributed by atoms with Crippen LogP contribution >= 0.6 is 0 Å². The number of hydrogen-bond donors (Lipinski definition) is 0. The van der Waals surface area contributed by atoms with Crippen LogP contribution in [-0.2, 0) is 0 Å². The summed E-state index contributed by atoms with van der Waals surface area (Å²) in [7, 11) is 54.4. The molecular formula is C22H4B9FN4. The van der Waals surface area contributed by atoms with E-state index in [0.717, 1.165) is 6.07 Å². The van der Waals surface area contributed by atoms with Crippen LogP contribution in [0.4, 0.5) is 4.39 Å². The van der Waals surface area contributed by atoms with Crippen molar-refractivity contribution < 1.29 is 4.39 Å². The second kappa shape index (κ2) is 9.62. The third kappa shape index (κ3) is 4.26. The Morgan fingerprint density at radius 1 is 0.611 bits per heavy atom. The van der Waals surface area contributed by atoms with Gasteiger partial charge in [-0.1, -0.05) is 22.5 Å². The Morgan fingerprint density at radius 2 is 1.14 bits per heavy atom. The maximum Gasteiger partial charge on any atom is 0.164 e. The quantitative estimate of drug-likeness (QED) is 0.298. The number of nitrogens with zero attached hydrogens (tertiary/aromatic N) is 4. The smallest absolute Gasteiger partial charge is 0.164 e. The molecule has 0 N–H and O–H groups in total. The summed E-state index contributed by atoms with van der Waals surface area (Å²) in [4.78, 5) is 13.3. The maximum absolute atomic E-state index is 14.0. The van der Waals surface area contributed by atoms with Gasteiger partial charge in [0.2, 0.25) is 0 Å². The molecule has 0 fully saturated rings. The molecule has 0 atom stereocenters. The van der Waals surface area contributed by atoms with Gasteiger partial charge in [-0.15, -0.1) is 32.8 Å². The number of aromatic nitrogens is 3. The monoisotopic (exact) mass is 442 g/mol. The molecule has 0 bridgehead atoms. The average Bonchev–Trinajstić information content (AvgIpc) is 2.87. The van der Waals surface area contributed by atoms with E-state index < -0.39 is 5.82 Å². The largest absolute Gasteiger partial charge is 0.208 e. The van der Waals surface area contributed by atoms with Crippen LogP contribution in [0.2, 0.25) is 0 Å². The van der Waals surface area contributed by atoms with Crippen molar-refractivity contribution in [1.29, 1.82) is 5.26 Å². The van der Waals surface area contributed by atoms with Gasteiger partial charge in [-0.3, -0.25) is 0 Å². The van der Waals surface area contributed by atoms with Crippen molar-refractivity contribution in [3.63, 3.8) is 0 Å². The van der Waals surface area contributed by atoms with E-state index in [2.05, 4.69) is 15.0 Å². The molecule has 0 aliphatic heterocycles. The van der Waals surface area contributed by atoms with Gasteiger partial charge < -0.3 is 0 Å². The molecule has 146 valence electrons. The van der Waals surface area contributed by atoms with E-state index in [-0.39, 0.29) is 88.9 Å². The third-order valence-corrected chi connectivity index (χ3v) is 5.63. The summed E-state index contributed by atoms with van der Waals surface area (Å²) < 4.78 is 14.0. The summed E-state index contributed by atoms with van der Waals surface area (Å²) in [6.07, 6.45) is 0. The lowest BCUT2D eigenvalue weighted by atomic mass is 9.60. The fraction of sp³-hybridized carbons (Fsp3) is 0. The van der Waals surface area contributed by atoms with Gasteiger partial charge in [0, 0.05) is 16.7 Å². The minimum absolute atomic E-state index is 0.00139. The lowest BCUT2D eigenvalue weighted by Gasteiger charge is -2.21. The number of halogens is 1. The molecule has 4 aromatic rings. The van der Waals surface area contributed by atoms with Crippen LogP contribution in [0, 0.1) is 17.1 Å². The Bertz CT molecular complexity index is 1590. The Balaban J connectivity index is 2.10.